The van der Waals surface area contributed by atoms with E-state index in [0.29, 0.717) is 17.9 Å². The van der Waals surface area contributed by atoms with Gasteiger partial charge in [0.25, 0.3) is 0 Å². The lowest BCUT2D eigenvalue weighted by Crippen LogP contribution is -2.23. The smallest absolute Gasteiger partial charge is 0.232 e. The van der Waals surface area contributed by atoms with Gasteiger partial charge in [0.2, 0.25) is 5.91 Å². The summed E-state index contributed by atoms with van der Waals surface area (Å²) in [5.41, 5.74) is 4.95. The van der Waals surface area contributed by atoms with Crippen LogP contribution in [0.4, 0.5) is 10.1 Å². The van der Waals surface area contributed by atoms with Gasteiger partial charge in [-0.3, -0.25) is 9.78 Å². The van der Waals surface area contributed by atoms with Gasteiger partial charge >= 0.3 is 0 Å². The lowest BCUT2D eigenvalue weighted by molar-refractivity contribution is -0.117. The molecule has 1 amide bonds. The Bertz CT molecular complexity index is 1580. The zero-order valence-corrected chi connectivity index (χ0v) is 21.1. The molecule has 0 aliphatic heterocycles. The minimum atomic E-state index is -0.488. The van der Waals surface area contributed by atoms with E-state index in [2.05, 4.69) is 10.3 Å². The fourth-order valence-electron chi connectivity index (χ4n) is 4.65. The van der Waals surface area contributed by atoms with E-state index in [1.165, 1.54) is 12.1 Å². The van der Waals surface area contributed by atoms with Gasteiger partial charge in [-0.2, -0.15) is 0 Å². The van der Waals surface area contributed by atoms with Crippen molar-refractivity contribution in [3.8, 4) is 22.6 Å². The molecule has 5 rings (SSSR count). The van der Waals surface area contributed by atoms with Gasteiger partial charge < -0.3 is 14.8 Å². The Hall–Kier alpha value is -4.71. The molecule has 0 unspecified atom stereocenters. The molecule has 0 aliphatic rings. The second-order valence-corrected chi connectivity index (χ2v) is 8.93. The Morgan fingerprint density at radius 3 is 2.50 bits per heavy atom. The van der Waals surface area contributed by atoms with E-state index in [9.17, 15) is 9.18 Å². The van der Waals surface area contributed by atoms with E-state index in [-0.39, 0.29) is 11.7 Å². The van der Waals surface area contributed by atoms with Crippen LogP contribution in [0.15, 0.2) is 103 Å². The summed E-state index contributed by atoms with van der Waals surface area (Å²) in [6.45, 7) is 0. The first-order valence-corrected chi connectivity index (χ1v) is 12.3. The standard InChI is InChI=1S/C32H27FN2O3/c1-37-26-8-5-7-25(20-26)35-32(36)28(18-23-6-3-4-9-31(23)38-2)22-12-10-21(11-13-22)27-16-17-34-30-15-14-24(33)19-29(27)30/h3-17,19-20,28H,18H2,1-2H3,(H,35,36)/t28-/m1/s1. The first-order chi connectivity index (χ1) is 18.6. The van der Waals surface area contributed by atoms with Crippen molar-refractivity contribution in [3.05, 3.63) is 120 Å². The van der Waals surface area contributed by atoms with Crippen molar-refractivity contribution in [2.24, 2.45) is 0 Å². The predicted molar refractivity (Wildman–Crippen MR) is 148 cm³/mol. The summed E-state index contributed by atoms with van der Waals surface area (Å²) >= 11 is 0. The largest absolute Gasteiger partial charge is 0.497 e. The van der Waals surface area contributed by atoms with Gasteiger partial charge in [0.05, 0.1) is 25.7 Å². The van der Waals surface area contributed by atoms with Crippen molar-refractivity contribution < 1.29 is 18.7 Å². The highest BCUT2D eigenvalue weighted by molar-refractivity contribution is 5.97. The van der Waals surface area contributed by atoms with Gasteiger partial charge in [-0.05, 0) is 71.1 Å². The SMILES string of the molecule is COc1cccc(NC(=O)[C@H](Cc2ccccc2OC)c2ccc(-c3ccnc4ccc(F)cc34)cc2)c1. The van der Waals surface area contributed by atoms with Gasteiger partial charge in [-0.25, -0.2) is 4.39 Å². The van der Waals surface area contributed by atoms with E-state index in [0.717, 1.165) is 38.9 Å². The van der Waals surface area contributed by atoms with Gasteiger partial charge in [0.15, 0.2) is 0 Å². The lowest BCUT2D eigenvalue weighted by atomic mass is 9.89. The number of hydrogen-bond donors (Lipinski definition) is 1. The van der Waals surface area contributed by atoms with Crippen LogP contribution in [-0.2, 0) is 11.2 Å². The van der Waals surface area contributed by atoms with Gasteiger partial charge in [-0.15, -0.1) is 0 Å². The molecule has 38 heavy (non-hydrogen) atoms. The molecule has 5 nitrogen and oxygen atoms in total. The number of methoxy groups -OCH3 is 2. The van der Waals surface area contributed by atoms with Gasteiger partial charge in [0.1, 0.15) is 17.3 Å². The third-order valence-corrected chi connectivity index (χ3v) is 6.60. The highest BCUT2D eigenvalue weighted by Crippen LogP contribution is 2.32. The van der Waals surface area contributed by atoms with Crippen LogP contribution in [0, 0.1) is 5.82 Å². The topological polar surface area (TPSA) is 60.5 Å². The molecular weight excluding hydrogens is 479 g/mol. The fraction of sp³-hybridized carbons (Fsp3) is 0.125. The van der Waals surface area contributed by atoms with E-state index in [4.69, 9.17) is 9.47 Å². The Labute approximate surface area is 220 Å². The number of nitrogens with zero attached hydrogens (tertiary/aromatic N) is 1. The van der Waals surface area contributed by atoms with Crippen LogP contribution in [0.1, 0.15) is 17.0 Å². The number of rotatable bonds is 8. The number of amides is 1. The molecule has 0 saturated carbocycles. The summed E-state index contributed by atoms with van der Waals surface area (Å²) in [5.74, 6) is 0.448. The Morgan fingerprint density at radius 2 is 1.71 bits per heavy atom. The van der Waals surface area contributed by atoms with E-state index in [1.807, 2.05) is 72.8 Å². The van der Waals surface area contributed by atoms with E-state index in [1.54, 1.807) is 32.5 Å². The zero-order valence-electron chi connectivity index (χ0n) is 21.1. The minimum Gasteiger partial charge on any atom is -0.497 e. The molecule has 6 heteroatoms. The van der Waals surface area contributed by atoms with Crippen molar-refractivity contribution in [1.82, 2.24) is 4.98 Å². The molecule has 1 aromatic heterocycles. The number of fused-ring (bicyclic) bond motifs is 1. The molecule has 1 heterocycles. The van der Waals surface area contributed by atoms with Crippen LogP contribution < -0.4 is 14.8 Å². The Kier molecular flexibility index (Phi) is 7.31. The number of carbonyl (C=O) groups excluding carboxylic acids is 1. The highest BCUT2D eigenvalue weighted by Gasteiger charge is 2.23. The summed E-state index contributed by atoms with van der Waals surface area (Å²) in [7, 11) is 3.22. The van der Waals surface area contributed by atoms with Crippen molar-refractivity contribution >= 4 is 22.5 Å². The quantitative estimate of drug-likeness (QED) is 0.246. The number of aromatic nitrogens is 1. The van der Waals surface area contributed by atoms with Crippen molar-refractivity contribution in [1.29, 1.82) is 0 Å². The number of para-hydroxylation sites is 1. The van der Waals surface area contributed by atoms with E-state index >= 15 is 0 Å². The normalized spacial score (nSPS) is 11.7. The number of benzene rings is 4. The molecule has 0 fully saturated rings. The molecule has 5 aromatic rings. The lowest BCUT2D eigenvalue weighted by Gasteiger charge is -2.20. The van der Waals surface area contributed by atoms with Gasteiger partial charge in [0, 0.05) is 23.3 Å². The molecule has 0 bridgehead atoms. The number of carbonyl (C=O) groups is 1. The molecule has 190 valence electrons. The summed E-state index contributed by atoms with van der Waals surface area (Å²) in [6.07, 6.45) is 2.16. The van der Waals surface area contributed by atoms with Crippen LogP contribution in [-0.4, -0.2) is 25.1 Å². The number of anilines is 1. The second kappa shape index (κ2) is 11.1. The number of halogens is 1. The van der Waals surface area contributed by atoms with Crippen molar-refractivity contribution in [2.45, 2.75) is 12.3 Å². The molecule has 4 aromatic carbocycles. The summed E-state index contributed by atoms with van der Waals surface area (Å²) in [5, 5.41) is 3.78. The average molecular weight is 507 g/mol. The predicted octanol–water partition coefficient (Wildman–Crippen LogP) is 7.02. The van der Waals surface area contributed by atoms with Crippen molar-refractivity contribution in [3.63, 3.8) is 0 Å². The molecule has 0 saturated heterocycles. The average Bonchev–Trinajstić information content (AvgIpc) is 2.96. The van der Waals surface area contributed by atoms with Gasteiger partial charge in [-0.1, -0.05) is 48.5 Å². The Morgan fingerprint density at radius 1 is 0.895 bits per heavy atom. The maximum Gasteiger partial charge on any atom is 0.232 e. The van der Waals surface area contributed by atoms with Crippen molar-refractivity contribution in [2.75, 3.05) is 19.5 Å². The first-order valence-electron chi connectivity index (χ1n) is 12.3. The summed E-state index contributed by atoms with van der Waals surface area (Å²) < 4.78 is 24.9. The second-order valence-electron chi connectivity index (χ2n) is 8.93. The zero-order chi connectivity index (χ0) is 26.5. The number of ether oxygens (including phenoxy) is 2. The third kappa shape index (κ3) is 5.34. The molecule has 1 atom stereocenters. The molecule has 0 spiro atoms. The third-order valence-electron chi connectivity index (χ3n) is 6.60. The summed E-state index contributed by atoms with van der Waals surface area (Å²) in [4.78, 5) is 18.0. The van der Waals surface area contributed by atoms with Crippen LogP contribution in [0.5, 0.6) is 11.5 Å². The van der Waals surface area contributed by atoms with Crippen LogP contribution in [0.25, 0.3) is 22.0 Å². The molecule has 0 aliphatic carbocycles. The van der Waals surface area contributed by atoms with E-state index < -0.39 is 5.92 Å². The fourth-order valence-corrected chi connectivity index (χ4v) is 4.65. The highest BCUT2D eigenvalue weighted by atomic mass is 19.1. The Balaban J connectivity index is 1.50. The number of nitrogens with one attached hydrogen (secondary N) is 1. The van der Waals surface area contributed by atoms with Crippen LogP contribution in [0.2, 0.25) is 0 Å². The minimum absolute atomic E-state index is 0.145. The summed E-state index contributed by atoms with van der Waals surface area (Å²) in [6, 6.07) is 29.3. The van der Waals surface area contributed by atoms with Crippen LogP contribution >= 0.6 is 0 Å². The molecular formula is C32H27FN2O3. The molecule has 0 radical (unpaired) electrons. The maximum absolute atomic E-state index is 14.0. The monoisotopic (exact) mass is 506 g/mol. The van der Waals surface area contributed by atoms with Crippen LogP contribution in [0.3, 0.4) is 0 Å². The molecule has 1 N–H and O–H groups in total. The first kappa shape index (κ1) is 25.0. The number of hydrogen-bond acceptors (Lipinski definition) is 4. The number of pyridine rings is 1. The maximum atomic E-state index is 14.0.